The van der Waals surface area contributed by atoms with Crippen molar-refractivity contribution in [3.05, 3.63) is 59.7 Å². The van der Waals surface area contributed by atoms with E-state index in [9.17, 15) is 9.18 Å². The van der Waals surface area contributed by atoms with Crippen LogP contribution >= 0.6 is 0 Å². The fourth-order valence-corrected chi connectivity index (χ4v) is 3.28. The molecule has 0 saturated carbocycles. The molecule has 138 valence electrons. The van der Waals surface area contributed by atoms with E-state index in [0.29, 0.717) is 37.2 Å². The minimum atomic E-state index is -0.279. The number of aryl methyl sites for hydroxylation is 1. The second-order valence-electron chi connectivity index (χ2n) is 6.50. The molecule has 1 fully saturated rings. The Morgan fingerprint density at radius 1 is 1.35 bits per heavy atom. The third-order valence-electron chi connectivity index (χ3n) is 4.72. The molecule has 6 heteroatoms. The summed E-state index contributed by atoms with van der Waals surface area (Å²) in [5.74, 6) is 0.369. The molecule has 0 spiro atoms. The van der Waals surface area contributed by atoms with Crippen molar-refractivity contribution < 1.29 is 13.9 Å². The van der Waals surface area contributed by atoms with Crippen LogP contribution in [0.25, 0.3) is 0 Å². The zero-order valence-electron chi connectivity index (χ0n) is 15.0. The molecule has 1 saturated heterocycles. The molecule has 2 aromatic rings. The first-order chi connectivity index (χ1) is 12.6. The van der Waals surface area contributed by atoms with E-state index in [1.165, 1.54) is 6.20 Å². The summed E-state index contributed by atoms with van der Waals surface area (Å²) in [4.78, 5) is 18.3. The van der Waals surface area contributed by atoms with Crippen molar-refractivity contribution in [1.29, 1.82) is 0 Å². The molecule has 5 nitrogen and oxygen atoms in total. The number of pyridine rings is 1. The fraction of sp³-hybridized carbons (Fsp3) is 0.400. The lowest BCUT2D eigenvalue weighted by Gasteiger charge is -2.36. The number of benzene rings is 1. The minimum absolute atomic E-state index is 0.0170. The Labute approximate surface area is 153 Å². The van der Waals surface area contributed by atoms with Gasteiger partial charge in [0.05, 0.1) is 6.20 Å². The van der Waals surface area contributed by atoms with Gasteiger partial charge in [-0.3, -0.25) is 9.78 Å². The summed E-state index contributed by atoms with van der Waals surface area (Å²) >= 11 is 0. The molecular formula is C20H24FN3O2. The zero-order chi connectivity index (χ0) is 18.4. The number of hydrogen-bond donors (Lipinski definition) is 1. The normalized spacial score (nSPS) is 17.2. The second kappa shape index (κ2) is 8.76. The first kappa shape index (κ1) is 18.3. The molecule has 1 aromatic carbocycles. The van der Waals surface area contributed by atoms with Crippen molar-refractivity contribution in [2.75, 3.05) is 26.2 Å². The van der Waals surface area contributed by atoms with Crippen molar-refractivity contribution in [2.24, 2.45) is 0 Å². The Bertz CT molecular complexity index is 719. The van der Waals surface area contributed by atoms with Gasteiger partial charge in [0.25, 0.3) is 5.91 Å². The number of hydrogen-bond acceptors (Lipinski definition) is 4. The highest BCUT2D eigenvalue weighted by Gasteiger charge is 2.27. The molecule has 0 bridgehead atoms. The Morgan fingerprint density at radius 2 is 2.15 bits per heavy atom. The lowest BCUT2D eigenvalue weighted by Crippen LogP contribution is -2.54. The van der Waals surface area contributed by atoms with Crippen LogP contribution in [0.2, 0.25) is 0 Å². The summed E-state index contributed by atoms with van der Waals surface area (Å²) in [6, 6.07) is 9.34. The summed E-state index contributed by atoms with van der Waals surface area (Å²) in [6.45, 7) is 3.99. The molecule has 1 N–H and O–H groups in total. The van der Waals surface area contributed by atoms with E-state index >= 15 is 0 Å². The number of ether oxygens (including phenoxy) is 1. The average molecular weight is 357 g/mol. The van der Waals surface area contributed by atoms with Gasteiger partial charge in [0.15, 0.2) is 6.61 Å². The average Bonchev–Trinajstić information content (AvgIpc) is 2.67. The molecule has 0 unspecified atom stereocenters. The molecule has 0 radical (unpaired) electrons. The van der Waals surface area contributed by atoms with Gasteiger partial charge in [-0.05, 0) is 43.0 Å². The molecule has 2 heterocycles. The maximum atomic E-state index is 14.0. The van der Waals surface area contributed by atoms with Crippen LogP contribution in [0.3, 0.4) is 0 Å². The predicted octanol–water partition coefficient (Wildman–Crippen LogP) is 2.34. The van der Waals surface area contributed by atoms with Gasteiger partial charge in [-0.1, -0.05) is 18.2 Å². The number of nitrogens with zero attached hydrogens (tertiary/aromatic N) is 2. The molecule has 1 aliphatic rings. The van der Waals surface area contributed by atoms with Crippen LogP contribution in [-0.4, -0.2) is 48.1 Å². The number of rotatable bonds is 6. The number of carbonyl (C=O) groups excluding carboxylic acids is 1. The first-order valence-corrected chi connectivity index (χ1v) is 8.92. The van der Waals surface area contributed by atoms with Gasteiger partial charge in [-0.15, -0.1) is 0 Å². The van der Waals surface area contributed by atoms with Crippen LogP contribution < -0.4 is 10.1 Å². The maximum absolute atomic E-state index is 14.0. The quantitative estimate of drug-likeness (QED) is 0.862. The van der Waals surface area contributed by atoms with Crippen molar-refractivity contribution in [2.45, 2.75) is 25.8 Å². The van der Waals surface area contributed by atoms with Crippen molar-refractivity contribution in [3.63, 3.8) is 0 Å². The number of halogens is 1. The minimum Gasteiger partial charge on any atom is -0.484 e. The van der Waals surface area contributed by atoms with Crippen molar-refractivity contribution in [3.8, 4) is 5.75 Å². The van der Waals surface area contributed by atoms with E-state index in [4.69, 9.17) is 4.74 Å². The zero-order valence-corrected chi connectivity index (χ0v) is 15.0. The number of nitrogens with one attached hydrogen (secondary N) is 1. The third kappa shape index (κ3) is 4.58. The Balaban J connectivity index is 1.59. The lowest BCUT2D eigenvalue weighted by molar-refractivity contribution is -0.136. The number of aromatic nitrogens is 1. The highest BCUT2D eigenvalue weighted by molar-refractivity contribution is 5.78. The van der Waals surface area contributed by atoms with Crippen LogP contribution in [0, 0.1) is 12.7 Å². The first-order valence-electron chi connectivity index (χ1n) is 8.92. The molecule has 0 aliphatic carbocycles. The van der Waals surface area contributed by atoms with E-state index in [-0.39, 0.29) is 24.4 Å². The van der Waals surface area contributed by atoms with Crippen LogP contribution in [0.1, 0.15) is 17.5 Å². The number of piperazine rings is 1. The molecule has 1 amide bonds. The molecule has 1 aliphatic heterocycles. The Hall–Kier alpha value is -2.47. The van der Waals surface area contributed by atoms with Gasteiger partial charge in [0.2, 0.25) is 0 Å². The molecule has 1 atom stereocenters. The summed E-state index contributed by atoms with van der Waals surface area (Å²) in [7, 11) is 0. The molecular weight excluding hydrogens is 333 g/mol. The molecule has 1 aromatic heterocycles. The van der Waals surface area contributed by atoms with E-state index in [0.717, 1.165) is 12.1 Å². The summed E-state index contributed by atoms with van der Waals surface area (Å²) in [6.07, 6.45) is 4.20. The maximum Gasteiger partial charge on any atom is 0.260 e. The van der Waals surface area contributed by atoms with Gasteiger partial charge in [-0.25, -0.2) is 4.39 Å². The van der Waals surface area contributed by atoms with E-state index in [1.807, 2.05) is 42.2 Å². The number of amides is 1. The number of carbonyl (C=O) groups is 1. The van der Waals surface area contributed by atoms with E-state index < -0.39 is 0 Å². The van der Waals surface area contributed by atoms with Gasteiger partial charge >= 0.3 is 0 Å². The van der Waals surface area contributed by atoms with Gasteiger partial charge < -0.3 is 15.0 Å². The van der Waals surface area contributed by atoms with Crippen LogP contribution in [0.4, 0.5) is 4.39 Å². The van der Waals surface area contributed by atoms with Crippen LogP contribution in [0.5, 0.6) is 5.75 Å². The van der Waals surface area contributed by atoms with Crippen LogP contribution in [-0.2, 0) is 11.2 Å². The Kier molecular flexibility index (Phi) is 6.17. The molecule has 3 rings (SSSR count). The SMILES string of the molecule is Cc1cncc(F)c1CC[C@H]1CNCCN1C(=O)COc1ccccc1. The van der Waals surface area contributed by atoms with Crippen molar-refractivity contribution in [1.82, 2.24) is 15.2 Å². The standard InChI is InChI=1S/C20H24FN3O2/c1-15-11-23-13-19(21)18(15)8-7-16-12-22-9-10-24(16)20(25)14-26-17-5-3-2-4-6-17/h2-6,11,13,16,22H,7-10,12,14H2,1H3/t16-/m0/s1. The summed E-state index contributed by atoms with van der Waals surface area (Å²) in [5.41, 5.74) is 1.53. The van der Waals surface area contributed by atoms with E-state index in [2.05, 4.69) is 10.3 Å². The van der Waals surface area contributed by atoms with Crippen LogP contribution in [0.15, 0.2) is 42.7 Å². The topological polar surface area (TPSA) is 54.5 Å². The lowest BCUT2D eigenvalue weighted by atomic mass is 10.00. The monoisotopic (exact) mass is 357 g/mol. The fourth-order valence-electron chi connectivity index (χ4n) is 3.28. The second-order valence-corrected chi connectivity index (χ2v) is 6.50. The highest BCUT2D eigenvalue weighted by atomic mass is 19.1. The van der Waals surface area contributed by atoms with Crippen molar-refractivity contribution >= 4 is 5.91 Å². The highest BCUT2D eigenvalue weighted by Crippen LogP contribution is 2.17. The van der Waals surface area contributed by atoms with Gasteiger partial charge in [0.1, 0.15) is 11.6 Å². The smallest absolute Gasteiger partial charge is 0.260 e. The molecule has 26 heavy (non-hydrogen) atoms. The Morgan fingerprint density at radius 3 is 2.92 bits per heavy atom. The van der Waals surface area contributed by atoms with Gasteiger partial charge in [0, 0.05) is 31.9 Å². The predicted molar refractivity (Wildman–Crippen MR) is 97.6 cm³/mol. The number of para-hydroxylation sites is 1. The summed E-state index contributed by atoms with van der Waals surface area (Å²) < 4.78 is 19.6. The summed E-state index contributed by atoms with van der Waals surface area (Å²) in [5, 5.41) is 3.32. The largest absolute Gasteiger partial charge is 0.484 e. The third-order valence-corrected chi connectivity index (χ3v) is 4.72. The van der Waals surface area contributed by atoms with E-state index in [1.54, 1.807) is 6.20 Å². The van der Waals surface area contributed by atoms with Gasteiger partial charge in [-0.2, -0.15) is 0 Å².